The maximum absolute atomic E-state index is 5.69. The quantitative estimate of drug-likeness (QED) is 0.574. The van der Waals surface area contributed by atoms with Crippen molar-refractivity contribution in [2.45, 2.75) is 13.3 Å². The molecule has 0 atom stereocenters. The van der Waals surface area contributed by atoms with Crippen LogP contribution in [0.15, 0.2) is 34.9 Å². The number of rotatable bonds is 3. The number of hydrogen-bond donors (Lipinski definition) is 0. The molecule has 56 valence electrons. The van der Waals surface area contributed by atoms with Gasteiger partial charge < -0.3 is 0 Å². The van der Waals surface area contributed by atoms with Crippen LogP contribution in [0.5, 0.6) is 0 Å². The lowest BCUT2D eigenvalue weighted by Gasteiger charge is -1.85. The summed E-state index contributed by atoms with van der Waals surface area (Å²) in [5.74, 6) is 0. The second-order valence-corrected chi connectivity index (χ2v) is 2.74. The van der Waals surface area contributed by atoms with Gasteiger partial charge in [0.1, 0.15) is 0 Å². The highest BCUT2D eigenvalue weighted by Crippen LogP contribution is 2.06. The number of allylic oxidation sites excluding steroid dienone is 5. The number of halogens is 2. The molecular weight excluding hydrogens is 167 g/mol. The standard InChI is InChI=1S/C8H10Cl2/c1-3-8(10)6-4-5-7(2)9/h4-6H,2-3H2,1H3/b5-4-,8-6+. The average molecular weight is 177 g/mol. The smallest absolute Gasteiger partial charge is 0.0334 e. The summed E-state index contributed by atoms with van der Waals surface area (Å²) < 4.78 is 0. The maximum atomic E-state index is 5.69. The molecule has 0 aromatic heterocycles. The van der Waals surface area contributed by atoms with Crippen LogP contribution >= 0.6 is 23.2 Å². The zero-order valence-electron chi connectivity index (χ0n) is 5.90. The Hall–Kier alpha value is -0.200. The topological polar surface area (TPSA) is 0 Å². The molecule has 2 heteroatoms. The van der Waals surface area contributed by atoms with E-state index in [1.807, 2.05) is 6.92 Å². The van der Waals surface area contributed by atoms with Gasteiger partial charge in [-0.2, -0.15) is 0 Å². The van der Waals surface area contributed by atoms with Gasteiger partial charge in [-0.3, -0.25) is 0 Å². The highest BCUT2D eigenvalue weighted by molar-refractivity contribution is 6.31. The van der Waals surface area contributed by atoms with E-state index in [-0.39, 0.29) is 0 Å². The van der Waals surface area contributed by atoms with E-state index in [2.05, 4.69) is 6.58 Å². The molecule has 0 heterocycles. The highest BCUT2D eigenvalue weighted by Gasteiger charge is 1.81. The van der Waals surface area contributed by atoms with Crippen LogP contribution in [-0.4, -0.2) is 0 Å². The molecule has 0 nitrogen and oxygen atoms in total. The molecule has 0 radical (unpaired) electrons. The van der Waals surface area contributed by atoms with Crippen LogP contribution < -0.4 is 0 Å². The largest absolute Gasteiger partial charge is 0.0892 e. The van der Waals surface area contributed by atoms with Gasteiger partial charge in [-0.25, -0.2) is 0 Å². The number of hydrogen-bond acceptors (Lipinski definition) is 0. The van der Waals surface area contributed by atoms with Crippen LogP contribution in [-0.2, 0) is 0 Å². The summed E-state index contributed by atoms with van der Waals surface area (Å²) in [5.41, 5.74) is 0. The highest BCUT2D eigenvalue weighted by atomic mass is 35.5. The minimum Gasteiger partial charge on any atom is -0.0892 e. The molecule has 10 heavy (non-hydrogen) atoms. The van der Waals surface area contributed by atoms with E-state index in [9.17, 15) is 0 Å². The van der Waals surface area contributed by atoms with Crippen molar-refractivity contribution < 1.29 is 0 Å². The van der Waals surface area contributed by atoms with Crippen molar-refractivity contribution in [3.63, 3.8) is 0 Å². The van der Waals surface area contributed by atoms with Crippen molar-refractivity contribution in [2.24, 2.45) is 0 Å². The predicted molar refractivity (Wildman–Crippen MR) is 48.4 cm³/mol. The Labute approximate surface area is 71.8 Å². The van der Waals surface area contributed by atoms with Crippen molar-refractivity contribution >= 4 is 23.2 Å². The molecule has 0 saturated carbocycles. The first-order valence-electron chi connectivity index (χ1n) is 3.04. The predicted octanol–water partition coefficient (Wildman–Crippen LogP) is 3.83. The van der Waals surface area contributed by atoms with Gasteiger partial charge in [0.25, 0.3) is 0 Å². The van der Waals surface area contributed by atoms with E-state index in [0.717, 1.165) is 11.5 Å². The molecule has 0 bridgehead atoms. The van der Waals surface area contributed by atoms with Crippen molar-refractivity contribution in [1.29, 1.82) is 0 Å². The van der Waals surface area contributed by atoms with Crippen LogP contribution in [0.2, 0.25) is 0 Å². The van der Waals surface area contributed by atoms with Gasteiger partial charge in [0, 0.05) is 10.1 Å². The van der Waals surface area contributed by atoms with Crippen molar-refractivity contribution in [2.75, 3.05) is 0 Å². The normalized spacial score (nSPS) is 12.5. The molecule has 0 aromatic rings. The molecule has 0 amide bonds. The monoisotopic (exact) mass is 176 g/mol. The van der Waals surface area contributed by atoms with Gasteiger partial charge in [-0.1, -0.05) is 42.8 Å². The van der Waals surface area contributed by atoms with Crippen molar-refractivity contribution in [1.82, 2.24) is 0 Å². The zero-order valence-corrected chi connectivity index (χ0v) is 7.41. The van der Waals surface area contributed by atoms with Crippen molar-refractivity contribution in [3.8, 4) is 0 Å². The molecule has 0 saturated heterocycles. The lowest BCUT2D eigenvalue weighted by Crippen LogP contribution is -1.63. The first-order chi connectivity index (χ1) is 4.66. The average Bonchev–Trinajstić information content (AvgIpc) is 1.87. The minimum atomic E-state index is 0.511. The summed E-state index contributed by atoms with van der Waals surface area (Å²) in [6.07, 6.45) is 6.12. The lowest BCUT2D eigenvalue weighted by atomic mass is 10.4. The maximum Gasteiger partial charge on any atom is 0.0334 e. The van der Waals surface area contributed by atoms with Crippen molar-refractivity contribution in [3.05, 3.63) is 34.9 Å². The van der Waals surface area contributed by atoms with E-state index < -0.39 is 0 Å². The summed E-state index contributed by atoms with van der Waals surface area (Å²) in [6, 6.07) is 0. The zero-order chi connectivity index (χ0) is 7.98. The van der Waals surface area contributed by atoms with E-state index in [1.165, 1.54) is 0 Å². The van der Waals surface area contributed by atoms with Crippen LogP contribution in [0.3, 0.4) is 0 Å². The second kappa shape index (κ2) is 5.57. The van der Waals surface area contributed by atoms with Crippen LogP contribution in [0.25, 0.3) is 0 Å². The second-order valence-electron chi connectivity index (χ2n) is 1.77. The summed E-state index contributed by atoms with van der Waals surface area (Å²) in [6.45, 7) is 5.47. The Kier molecular flexibility index (Phi) is 5.46. The van der Waals surface area contributed by atoms with Crippen LogP contribution in [0.1, 0.15) is 13.3 Å². The Balaban J connectivity index is 3.82. The lowest BCUT2D eigenvalue weighted by molar-refractivity contribution is 1.19. The molecule has 0 unspecified atom stereocenters. The van der Waals surface area contributed by atoms with Gasteiger partial charge in [0.05, 0.1) is 0 Å². The summed E-state index contributed by atoms with van der Waals surface area (Å²) >= 11 is 11.1. The van der Waals surface area contributed by atoms with Crippen LogP contribution in [0.4, 0.5) is 0 Å². The van der Waals surface area contributed by atoms with E-state index >= 15 is 0 Å². The summed E-state index contributed by atoms with van der Waals surface area (Å²) in [5, 5.41) is 1.32. The summed E-state index contributed by atoms with van der Waals surface area (Å²) in [4.78, 5) is 0. The molecule has 0 aliphatic carbocycles. The Morgan fingerprint density at radius 1 is 1.50 bits per heavy atom. The minimum absolute atomic E-state index is 0.511. The van der Waals surface area contributed by atoms with Crippen LogP contribution in [0, 0.1) is 0 Å². The molecule has 0 spiro atoms. The van der Waals surface area contributed by atoms with Gasteiger partial charge >= 0.3 is 0 Å². The molecular formula is C8H10Cl2. The van der Waals surface area contributed by atoms with E-state index in [1.54, 1.807) is 18.2 Å². The SMILES string of the molecule is C=C(Cl)/C=C\C=C(\Cl)CC. The molecule has 0 aromatic carbocycles. The summed E-state index contributed by atoms with van der Waals surface area (Å²) in [7, 11) is 0. The molecule has 0 aliphatic heterocycles. The Bertz CT molecular complexity index is 166. The molecule has 0 rings (SSSR count). The van der Waals surface area contributed by atoms with Gasteiger partial charge in [-0.05, 0) is 18.6 Å². The van der Waals surface area contributed by atoms with Gasteiger partial charge in [0.15, 0.2) is 0 Å². The third-order valence-corrected chi connectivity index (χ3v) is 1.41. The molecule has 0 fully saturated rings. The Morgan fingerprint density at radius 3 is 2.50 bits per heavy atom. The molecule has 0 N–H and O–H groups in total. The van der Waals surface area contributed by atoms with E-state index in [4.69, 9.17) is 23.2 Å². The molecule has 0 aliphatic rings. The fourth-order valence-corrected chi connectivity index (χ4v) is 0.520. The Morgan fingerprint density at radius 2 is 2.10 bits per heavy atom. The van der Waals surface area contributed by atoms with Gasteiger partial charge in [0.2, 0.25) is 0 Å². The first kappa shape index (κ1) is 9.80. The third kappa shape index (κ3) is 5.93. The third-order valence-electron chi connectivity index (χ3n) is 0.892. The van der Waals surface area contributed by atoms with Gasteiger partial charge in [-0.15, -0.1) is 0 Å². The first-order valence-corrected chi connectivity index (χ1v) is 3.79. The van der Waals surface area contributed by atoms with E-state index in [0.29, 0.717) is 5.03 Å². The fourth-order valence-electron chi connectivity index (χ4n) is 0.375. The fraction of sp³-hybridized carbons (Fsp3) is 0.250.